The molecule has 0 aliphatic carbocycles. The summed E-state index contributed by atoms with van der Waals surface area (Å²) in [6, 6.07) is 6.36. The second kappa shape index (κ2) is 7.93. The molecule has 4 rings (SSSR count). The number of rotatable bonds is 4. The zero-order chi connectivity index (χ0) is 25.0. The van der Waals surface area contributed by atoms with Crippen molar-refractivity contribution >= 4 is 5.97 Å². The Bertz CT molecular complexity index is 1340. The lowest BCUT2D eigenvalue weighted by Crippen LogP contribution is -2.35. The molecule has 0 spiro atoms. The largest absolute Gasteiger partial charge is 0.573 e. The van der Waals surface area contributed by atoms with Gasteiger partial charge in [0.15, 0.2) is 5.43 Å². The van der Waals surface area contributed by atoms with Crippen molar-refractivity contribution in [2.75, 3.05) is 7.11 Å². The third kappa shape index (κ3) is 4.25. The highest BCUT2D eigenvalue weighted by atomic mass is 19.4. The molecule has 3 aromatic rings. The average molecular weight is 477 g/mol. The topological polar surface area (TPSA) is 95.6 Å². The molecule has 0 amide bonds. The van der Waals surface area contributed by atoms with E-state index in [1.165, 1.54) is 31.5 Å². The number of alkyl halides is 3. The number of hydrogen-bond donors (Lipinski definition) is 1. The van der Waals surface area contributed by atoms with Crippen molar-refractivity contribution in [2.45, 2.75) is 39.7 Å². The Kier molecular flexibility index (Phi) is 5.46. The van der Waals surface area contributed by atoms with Crippen molar-refractivity contribution in [2.24, 2.45) is 5.41 Å². The number of benzene rings is 1. The summed E-state index contributed by atoms with van der Waals surface area (Å²) in [6.07, 6.45) is -3.59. The first-order valence-electron chi connectivity index (χ1n) is 10.3. The number of aromatic carboxylic acids is 1. The lowest BCUT2D eigenvalue weighted by atomic mass is 9.85. The van der Waals surface area contributed by atoms with Gasteiger partial charge in [-0.05, 0) is 29.7 Å². The highest BCUT2D eigenvalue weighted by molar-refractivity contribution is 5.87. The Morgan fingerprint density at radius 3 is 2.44 bits per heavy atom. The van der Waals surface area contributed by atoms with E-state index in [0.29, 0.717) is 23.7 Å². The number of aromatic nitrogens is 3. The minimum atomic E-state index is -4.91. The molecule has 1 atom stereocenters. The number of carboxylic acid groups (broad SMARTS) is 1. The van der Waals surface area contributed by atoms with Crippen molar-refractivity contribution in [3.8, 4) is 34.1 Å². The molecule has 2 aromatic heterocycles. The Balaban J connectivity index is 1.93. The molecule has 1 aromatic carbocycles. The van der Waals surface area contributed by atoms with Gasteiger partial charge < -0.3 is 19.1 Å². The van der Waals surface area contributed by atoms with Gasteiger partial charge in [-0.1, -0.05) is 20.8 Å². The van der Waals surface area contributed by atoms with E-state index in [1.807, 2.05) is 20.8 Å². The number of nitrogens with zero attached hydrogens (tertiary/aromatic N) is 3. The fourth-order valence-corrected chi connectivity index (χ4v) is 4.06. The first kappa shape index (κ1) is 23.4. The molecule has 0 bridgehead atoms. The van der Waals surface area contributed by atoms with Crippen LogP contribution < -0.4 is 14.9 Å². The van der Waals surface area contributed by atoms with Gasteiger partial charge in [-0.25, -0.2) is 4.79 Å². The van der Waals surface area contributed by atoms with Crippen LogP contribution in [0.25, 0.3) is 22.6 Å². The third-order valence-corrected chi connectivity index (χ3v) is 5.72. The van der Waals surface area contributed by atoms with Gasteiger partial charge in [0.2, 0.25) is 0 Å². The molecule has 0 saturated heterocycles. The minimum Gasteiger partial charge on any atom is -0.497 e. The van der Waals surface area contributed by atoms with E-state index in [4.69, 9.17) is 4.74 Å². The molecule has 8 nitrogen and oxygen atoms in total. The maximum atomic E-state index is 13.0. The maximum absolute atomic E-state index is 13.0. The number of carbonyl (C=O) groups is 1. The van der Waals surface area contributed by atoms with Crippen LogP contribution in [0, 0.1) is 5.41 Å². The van der Waals surface area contributed by atoms with Crippen molar-refractivity contribution in [3.63, 3.8) is 0 Å². The number of halogens is 3. The van der Waals surface area contributed by atoms with Crippen LogP contribution in [0.1, 0.15) is 37.2 Å². The summed E-state index contributed by atoms with van der Waals surface area (Å²) in [5.74, 6) is -1.47. The maximum Gasteiger partial charge on any atom is 0.573 e. The van der Waals surface area contributed by atoms with E-state index in [2.05, 4.69) is 9.84 Å². The highest BCUT2D eigenvalue weighted by Crippen LogP contribution is 2.42. The second-order valence-corrected chi connectivity index (χ2v) is 9.04. The van der Waals surface area contributed by atoms with E-state index in [1.54, 1.807) is 15.3 Å². The van der Waals surface area contributed by atoms with Crippen LogP contribution in [0.5, 0.6) is 11.5 Å². The summed E-state index contributed by atoms with van der Waals surface area (Å²) < 4.78 is 51.7. The zero-order valence-electron chi connectivity index (χ0n) is 18.8. The van der Waals surface area contributed by atoms with Crippen LogP contribution in [0.2, 0.25) is 0 Å². The van der Waals surface area contributed by atoms with Crippen LogP contribution >= 0.6 is 0 Å². The van der Waals surface area contributed by atoms with Crippen molar-refractivity contribution < 1.29 is 32.5 Å². The predicted molar refractivity (Wildman–Crippen MR) is 116 cm³/mol. The molecule has 180 valence electrons. The molecule has 0 fully saturated rings. The summed E-state index contributed by atoms with van der Waals surface area (Å²) >= 11 is 0. The zero-order valence-corrected chi connectivity index (χ0v) is 18.8. The van der Waals surface area contributed by atoms with Crippen LogP contribution in [0.15, 0.2) is 41.3 Å². The number of pyridine rings is 1. The molecule has 3 heterocycles. The van der Waals surface area contributed by atoms with E-state index in [0.717, 1.165) is 6.07 Å². The van der Waals surface area contributed by atoms with Gasteiger partial charge in [-0.2, -0.15) is 5.10 Å². The van der Waals surface area contributed by atoms with Crippen molar-refractivity contribution in [1.29, 1.82) is 0 Å². The molecular formula is C23H22F3N3O5. The number of carboxylic acids is 1. The molecule has 0 radical (unpaired) electrons. The summed E-state index contributed by atoms with van der Waals surface area (Å²) in [5, 5.41) is 13.9. The lowest BCUT2D eigenvalue weighted by Gasteiger charge is -2.38. The van der Waals surface area contributed by atoms with Gasteiger partial charge in [0.05, 0.1) is 36.8 Å². The fourth-order valence-electron chi connectivity index (χ4n) is 4.06. The number of fused-ring (bicyclic) bond motifs is 3. The Labute approximate surface area is 192 Å². The van der Waals surface area contributed by atoms with E-state index >= 15 is 0 Å². The van der Waals surface area contributed by atoms with Gasteiger partial charge in [0.25, 0.3) is 0 Å². The molecule has 11 heteroatoms. The minimum absolute atomic E-state index is 0.0573. The second-order valence-electron chi connectivity index (χ2n) is 9.04. The summed E-state index contributed by atoms with van der Waals surface area (Å²) in [7, 11) is 1.39. The predicted octanol–water partition coefficient (Wildman–Crippen LogP) is 4.59. The molecule has 1 aliphatic heterocycles. The van der Waals surface area contributed by atoms with Crippen LogP contribution in [-0.2, 0) is 6.54 Å². The quantitative estimate of drug-likeness (QED) is 0.591. The standard InChI is InChI=1S/C23H22F3N3O5/c1-22(2,3)20-11-29-17(16-9-18(30)14(21(31)32)10-28(16)20)8-15(27-29)13-7-12(33-4)5-6-19(13)34-23(24,25)26/h5-10,20H,11H2,1-4H3,(H,31,32)/t20-/m0/s1. The van der Waals surface area contributed by atoms with Gasteiger partial charge in [-0.3, -0.25) is 9.48 Å². The molecule has 34 heavy (non-hydrogen) atoms. The molecule has 1 aliphatic rings. The summed E-state index contributed by atoms with van der Waals surface area (Å²) in [4.78, 5) is 24.0. The third-order valence-electron chi connectivity index (χ3n) is 5.72. The lowest BCUT2D eigenvalue weighted by molar-refractivity contribution is -0.274. The van der Waals surface area contributed by atoms with Crippen LogP contribution in [0.4, 0.5) is 13.2 Å². The van der Waals surface area contributed by atoms with E-state index < -0.39 is 23.5 Å². The highest BCUT2D eigenvalue weighted by Gasteiger charge is 2.36. The Hall–Kier alpha value is -3.76. The summed E-state index contributed by atoms with van der Waals surface area (Å²) in [5.41, 5.74) is -0.272. The molecular weight excluding hydrogens is 455 g/mol. The Morgan fingerprint density at radius 1 is 1.15 bits per heavy atom. The fraction of sp³-hybridized carbons (Fsp3) is 0.348. The number of ether oxygens (including phenoxy) is 2. The molecule has 0 saturated carbocycles. The van der Waals surface area contributed by atoms with Crippen molar-refractivity contribution in [3.05, 3.63) is 52.3 Å². The monoisotopic (exact) mass is 477 g/mol. The smallest absolute Gasteiger partial charge is 0.497 e. The van der Waals surface area contributed by atoms with Crippen LogP contribution in [0.3, 0.4) is 0 Å². The van der Waals surface area contributed by atoms with Gasteiger partial charge in [-0.15, -0.1) is 13.2 Å². The van der Waals surface area contributed by atoms with Gasteiger partial charge in [0, 0.05) is 17.8 Å². The normalized spacial score (nSPS) is 15.4. The Morgan fingerprint density at radius 2 is 1.85 bits per heavy atom. The summed E-state index contributed by atoms with van der Waals surface area (Å²) in [6.45, 7) is 6.21. The number of hydrogen-bond acceptors (Lipinski definition) is 5. The first-order chi connectivity index (χ1) is 15.8. The van der Waals surface area contributed by atoms with E-state index in [-0.39, 0.29) is 28.3 Å². The van der Waals surface area contributed by atoms with E-state index in [9.17, 15) is 27.9 Å². The van der Waals surface area contributed by atoms with Crippen molar-refractivity contribution in [1.82, 2.24) is 14.3 Å². The van der Waals surface area contributed by atoms with Gasteiger partial charge >= 0.3 is 12.3 Å². The molecule has 0 unspecified atom stereocenters. The molecule has 1 N–H and O–H groups in total. The van der Waals surface area contributed by atoms with Gasteiger partial charge in [0.1, 0.15) is 17.1 Å². The van der Waals surface area contributed by atoms with Crippen LogP contribution in [-0.4, -0.2) is 38.9 Å². The average Bonchev–Trinajstić information content (AvgIpc) is 3.15. The SMILES string of the molecule is COc1ccc(OC(F)(F)F)c(-c2cc3n(n2)C[C@@H](C(C)(C)C)n2cc(C(=O)O)c(=O)cc2-3)c1. The number of methoxy groups -OCH3 is 1. The first-order valence-corrected chi connectivity index (χ1v) is 10.3.